The van der Waals surface area contributed by atoms with Crippen LogP contribution in [-0.2, 0) is 6.54 Å². The Morgan fingerprint density at radius 1 is 1.21 bits per heavy atom. The third kappa shape index (κ3) is 3.28. The van der Waals surface area contributed by atoms with Gasteiger partial charge < -0.3 is 14.1 Å². The van der Waals surface area contributed by atoms with Gasteiger partial charge >= 0.3 is 0 Å². The number of oxazole rings is 1. The van der Waals surface area contributed by atoms with Crippen LogP contribution in [-0.4, -0.2) is 18.6 Å². The van der Waals surface area contributed by atoms with Crippen molar-refractivity contribution in [2.75, 3.05) is 18.6 Å². The van der Waals surface area contributed by atoms with Gasteiger partial charge in [-0.1, -0.05) is 0 Å². The van der Waals surface area contributed by atoms with Crippen LogP contribution in [0.1, 0.15) is 24.3 Å². The SMILES string of the molecule is CCOc1ccc(N(C)Cc2nc(C)c(C)o2)cc1. The molecule has 0 saturated carbocycles. The molecule has 0 aliphatic carbocycles. The highest BCUT2D eigenvalue weighted by Gasteiger charge is 2.09. The zero-order valence-corrected chi connectivity index (χ0v) is 11.9. The predicted molar refractivity (Wildman–Crippen MR) is 75.7 cm³/mol. The summed E-state index contributed by atoms with van der Waals surface area (Å²) in [5.74, 6) is 2.52. The van der Waals surface area contributed by atoms with E-state index in [-0.39, 0.29) is 0 Å². The Morgan fingerprint density at radius 3 is 2.42 bits per heavy atom. The van der Waals surface area contributed by atoms with E-state index in [2.05, 4.69) is 9.88 Å². The smallest absolute Gasteiger partial charge is 0.214 e. The van der Waals surface area contributed by atoms with Crippen molar-refractivity contribution in [1.82, 2.24) is 4.98 Å². The van der Waals surface area contributed by atoms with Gasteiger partial charge in [-0.2, -0.15) is 0 Å². The lowest BCUT2D eigenvalue weighted by Crippen LogP contribution is -2.16. The summed E-state index contributed by atoms with van der Waals surface area (Å²) in [5, 5.41) is 0. The quantitative estimate of drug-likeness (QED) is 0.826. The first-order chi connectivity index (χ1) is 9.10. The van der Waals surface area contributed by atoms with Gasteiger partial charge in [0.2, 0.25) is 5.89 Å². The van der Waals surface area contributed by atoms with Gasteiger partial charge in [0, 0.05) is 12.7 Å². The highest BCUT2D eigenvalue weighted by molar-refractivity contribution is 5.48. The molecule has 0 saturated heterocycles. The van der Waals surface area contributed by atoms with E-state index < -0.39 is 0 Å². The molecule has 0 bridgehead atoms. The van der Waals surface area contributed by atoms with Crippen LogP contribution in [0.3, 0.4) is 0 Å². The van der Waals surface area contributed by atoms with Gasteiger partial charge in [-0.3, -0.25) is 0 Å². The highest BCUT2D eigenvalue weighted by atomic mass is 16.5. The number of anilines is 1. The van der Waals surface area contributed by atoms with Crippen LogP contribution < -0.4 is 9.64 Å². The van der Waals surface area contributed by atoms with Crippen LogP contribution in [0.15, 0.2) is 28.7 Å². The minimum absolute atomic E-state index is 0.655. The number of aromatic nitrogens is 1. The fourth-order valence-electron chi connectivity index (χ4n) is 1.86. The van der Waals surface area contributed by atoms with Crippen molar-refractivity contribution in [3.8, 4) is 5.75 Å². The number of benzene rings is 1. The predicted octanol–water partition coefficient (Wildman–Crippen LogP) is 3.33. The molecule has 0 N–H and O–H groups in total. The monoisotopic (exact) mass is 260 g/mol. The molecule has 102 valence electrons. The van der Waals surface area contributed by atoms with Crippen molar-refractivity contribution in [3.63, 3.8) is 0 Å². The Morgan fingerprint density at radius 2 is 1.89 bits per heavy atom. The lowest BCUT2D eigenvalue weighted by atomic mass is 10.3. The standard InChI is InChI=1S/C15H20N2O2/c1-5-18-14-8-6-13(7-9-14)17(4)10-15-16-11(2)12(3)19-15/h6-9H,5,10H2,1-4H3. The molecule has 0 unspecified atom stereocenters. The molecule has 0 atom stereocenters. The molecule has 2 aromatic rings. The van der Waals surface area contributed by atoms with Crippen molar-refractivity contribution in [1.29, 1.82) is 0 Å². The van der Waals surface area contributed by atoms with Crippen LogP contribution >= 0.6 is 0 Å². The Bertz CT molecular complexity index is 512. The maximum absolute atomic E-state index is 5.59. The number of hydrogen-bond acceptors (Lipinski definition) is 4. The number of rotatable bonds is 5. The molecule has 1 aromatic heterocycles. The number of ether oxygens (including phenoxy) is 1. The van der Waals surface area contributed by atoms with Gasteiger partial charge in [0.15, 0.2) is 0 Å². The maximum Gasteiger partial charge on any atom is 0.214 e. The summed E-state index contributed by atoms with van der Waals surface area (Å²) < 4.78 is 11.0. The fourth-order valence-corrected chi connectivity index (χ4v) is 1.86. The number of hydrogen-bond donors (Lipinski definition) is 0. The molecule has 4 nitrogen and oxygen atoms in total. The maximum atomic E-state index is 5.59. The van der Waals surface area contributed by atoms with Gasteiger partial charge in [-0.05, 0) is 45.0 Å². The van der Waals surface area contributed by atoms with E-state index >= 15 is 0 Å². The number of nitrogens with zero attached hydrogens (tertiary/aromatic N) is 2. The van der Waals surface area contributed by atoms with Gasteiger partial charge in [-0.15, -0.1) is 0 Å². The summed E-state index contributed by atoms with van der Waals surface area (Å²) >= 11 is 0. The second kappa shape index (κ2) is 5.78. The van der Waals surface area contributed by atoms with E-state index in [1.54, 1.807) is 0 Å². The van der Waals surface area contributed by atoms with Crippen LogP contribution in [0.4, 0.5) is 5.69 Å². The summed E-state index contributed by atoms with van der Waals surface area (Å²) in [6.45, 7) is 7.21. The second-order valence-electron chi connectivity index (χ2n) is 4.53. The highest BCUT2D eigenvalue weighted by Crippen LogP contribution is 2.20. The van der Waals surface area contributed by atoms with Gasteiger partial charge in [0.05, 0.1) is 18.8 Å². The minimum Gasteiger partial charge on any atom is -0.494 e. The van der Waals surface area contributed by atoms with E-state index in [9.17, 15) is 0 Å². The van der Waals surface area contributed by atoms with Gasteiger partial charge in [-0.25, -0.2) is 4.98 Å². The largest absolute Gasteiger partial charge is 0.494 e. The fraction of sp³-hybridized carbons (Fsp3) is 0.400. The summed E-state index contributed by atoms with van der Waals surface area (Å²) in [7, 11) is 2.02. The Kier molecular flexibility index (Phi) is 4.10. The molecule has 0 aliphatic heterocycles. The molecule has 2 rings (SSSR count). The summed E-state index contributed by atoms with van der Waals surface area (Å²) in [6.07, 6.45) is 0. The second-order valence-corrected chi connectivity index (χ2v) is 4.53. The first kappa shape index (κ1) is 13.5. The van der Waals surface area contributed by atoms with E-state index in [1.165, 1.54) is 0 Å². The normalized spacial score (nSPS) is 10.5. The van der Waals surface area contributed by atoms with Crippen molar-refractivity contribution in [2.24, 2.45) is 0 Å². The zero-order chi connectivity index (χ0) is 13.8. The molecule has 4 heteroatoms. The van der Waals surface area contributed by atoms with Crippen LogP contribution in [0.5, 0.6) is 5.75 Å². The van der Waals surface area contributed by atoms with Crippen molar-refractivity contribution in [2.45, 2.75) is 27.3 Å². The Hall–Kier alpha value is -1.97. The van der Waals surface area contributed by atoms with Crippen LogP contribution in [0.2, 0.25) is 0 Å². The molecular formula is C15H20N2O2. The molecule has 1 heterocycles. The van der Waals surface area contributed by atoms with Crippen LogP contribution in [0.25, 0.3) is 0 Å². The summed E-state index contributed by atoms with van der Waals surface area (Å²) in [6, 6.07) is 8.02. The lowest BCUT2D eigenvalue weighted by molar-refractivity contribution is 0.340. The first-order valence-corrected chi connectivity index (χ1v) is 6.47. The molecular weight excluding hydrogens is 240 g/mol. The third-order valence-corrected chi connectivity index (χ3v) is 3.03. The summed E-state index contributed by atoms with van der Waals surface area (Å²) in [5.41, 5.74) is 2.06. The Balaban J connectivity index is 2.04. The lowest BCUT2D eigenvalue weighted by Gasteiger charge is -2.17. The van der Waals surface area contributed by atoms with Crippen LogP contribution in [0, 0.1) is 13.8 Å². The number of aryl methyl sites for hydroxylation is 2. The molecule has 0 amide bonds. The van der Waals surface area contributed by atoms with Crippen molar-refractivity contribution < 1.29 is 9.15 Å². The van der Waals surface area contributed by atoms with E-state index in [1.807, 2.05) is 52.1 Å². The molecule has 1 aromatic carbocycles. The molecule has 19 heavy (non-hydrogen) atoms. The first-order valence-electron chi connectivity index (χ1n) is 6.47. The minimum atomic E-state index is 0.655. The van der Waals surface area contributed by atoms with Gasteiger partial charge in [0.25, 0.3) is 0 Å². The summed E-state index contributed by atoms with van der Waals surface area (Å²) in [4.78, 5) is 6.49. The molecule has 0 fully saturated rings. The van der Waals surface area contributed by atoms with E-state index in [0.29, 0.717) is 13.2 Å². The van der Waals surface area contributed by atoms with E-state index in [0.717, 1.165) is 28.8 Å². The molecule has 0 aliphatic rings. The average Bonchev–Trinajstić information content (AvgIpc) is 2.69. The Labute approximate surface area is 114 Å². The third-order valence-electron chi connectivity index (χ3n) is 3.03. The molecule has 0 spiro atoms. The van der Waals surface area contributed by atoms with Crippen molar-refractivity contribution in [3.05, 3.63) is 41.6 Å². The zero-order valence-electron chi connectivity index (χ0n) is 11.9. The topological polar surface area (TPSA) is 38.5 Å². The van der Waals surface area contributed by atoms with Crippen molar-refractivity contribution >= 4 is 5.69 Å². The van der Waals surface area contributed by atoms with E-state index in [4.69, 9.17) is 9.15 Å². The van der Waals surface area contributed by atoms with Gasteiger partial charge in [0.1, 0.15) is 11.5 Å². The molecule has 0 radical (unpaired) electrons. The average molecular weight is 260 g/mol.